The fourth-order valence-corrected chi connectivity index (χ4v) is 4.63. The Morgan fingerprint density at radius 1 is 1.14 bits per heavy atom. The van der Waals surface area contributed by atoms with Crippen LogP contribution in [0.2, 0.25) is 0 Å². The summed E-state index contributed by atoms with van der Waals surface area (Å²) in [6, 6.07) is 3.92. The van der Waals surface area contributed by atoms with E-state index < -0.39 is 20.0 Å². The second-order valence-corrected chi connectivity index (χ2v) is 9.61. The fraction of sp³-hybridized carbons (Fsp3) is 0.571. The van der Waals surface area contributed by atoms with Crippen LogP contribution in [-0.4, -0.2) is 41.4 Å². The topological polar surface area (TPSA) is 83.5 Å². The second kappa shape index (κ2) is 6.17. The molecule has 1 heterocycles. The Bertz CT molecular complexity index is 770. The third-order valence-electron chi connectivity index (χ3n) is 3.95. The van der Waals surface area contributed by atoms with Crippen molar-refractivity contribution in [2.75, 3.05) is 28.9 Å². The summed E-state index contributed by atoms with van der Waals surface area (Å²) in [6.07, 6.45) is 0.691. The van der Waals surface area contributed by atoms with Crippen LogP contribution in [0.5, 0.6) is 0 Å². The predicted molar refractivity (Wildman–Crippen MR) is 88.2 cm³/mol. The van der Waals surface area contributed by atoms with Crippen molar-refractivity contribution in [1.82, 2.24) is 4.72 Å². The lowest BCUT2D eigenvalue weighted by molar-refractivity contribution is 0.581. The van der Waals surface area contributed by atoms with E-state index in [-0.39, 0.29) is 18.1 Å². The SMILES string of the molecule is CCS(=O)(=O)NCCS(=O)(=O)N1CCc2cc(C)c(C)cc21. The van der Waals surface area contributed by atoms with Gasteiger partial charge in [0.2, 0.25) is 20.0 Å². The fourth-order valence-electron chi connectivity index (χ4n) is 2.46. The molecule has 1 aliphatic heterocycles. The van der Waals surface area contributed by atoms with Gasteiger partial charge in [0.15, 0.2) is 0 Å². The Morgan fingerprint density at radius 3 is 2.41 bits per heavy atom. The number of nitrogens with one attached hydrogen (secondary N) is 1. The van der Waals surface area contributed by atoms with E-state index in [9.17, 15) is 16.8 Å². The Morgan fingerprint density at radius 2 is 1.77 bits per heavy atom. The summed E-state index contributed by atoms with van der Waals surface area (Å²) in [5, 5.41) is 0. The van der Waals surface area contributed by atoms with Gasteiger partial charge in [0.25, 0.3) is 0 Å². The third-order valence-corrected chi connectivity index (χ3v) is 7.12. The van der Waals surface area contributed by atoms with E-state index in [0.29, 0.717) is 13.0 Å². The zero-order valence-corrected chi connectivity index (χ0v) is 14.7. The van der Waals surface area contributed by atoms with Crippen LogP contribution in [-0.2, 0) is 26.5 Å². The van der Waals surface area contributed by atoms with Crippen LogP contribution in [0.15, 0.2) is 12.1 Å². The van der Waals surface area contributed by atoms with E-state index in [1.807, 2.05) is 26.0 Å². The molecule has 1 aliphatic rings. The predicted octanol–water partition coefficient (Wildman–Crippen LogP) is 0.935. The van der Waals surface area contributed by atoms with E-state index in [2.05, 4.69) is 4.72 Å². The van der Waals surface area contributed by atoms with Crippen LogP contribution in [0.3, 0.4) is 0 Å². The minimum absolute atomic E-state index is 0.0575. The zero-order valence-electron chi connectivity index (χ0n) is 13.1. The van der Waals surface area contributed by atoms with Gasteiger partial charge in [-0.05, 0) is 49.9 Å². The minimum atomic E-state index is -3.53. The number of sulfonamides is 2. The van der Waals surface area contributed by atoms with E-state index in [4.69, 9.17) is 0 Å². The molecule has 0 saturated heterocycles. The van der Waals surface area contributed by atoms with Gasteiger partial charge < -0.3 is 0 Å². The molecule has 0 atom stereocenters. The summed E-state index contributed by atoms with van der Waals surface area (Å²) >= 11 is 0. The van der Waals surface area contributed by atoms with Crippen molar-refractivity contribution in [2.45, 2.75) is 27.2 Å². The Hall–Kier alpha value is -1.12. The Labute approximate surface area is 132 Å². The number of fused-ring (bicyclic) bond motifs is 1. The summed E-state index contributed by atoms with van der Waals surface area (Å²) in [5.41, 5.74) is 3.95. The molecule has 6 nitrogen and oxygen atoms in total. The average molecular weight is 346 g/mol. The van der Waals surface area contributed by atoms with Gasteiger partial charge >= 0.3 is 0 Å². The molecule has 0 amide bonds. The van der Waals surface area contributed by atoms with Gasteiger partial charge in [-0.25, -0.2) is 21.6 Å². The summed E-state index contributed by atoms with van der Waals surface area (Å²) in [5.74, 6) is -0.295. The molecule has 124 valence electrons. The standard InChI is InChI=1S/C14H22N2O4S2/c1-4-21(17,18)15-6-8-22(19,20)16-7-5-13-9-11(2)12(3)10-14(13)16/h9-10,15H,4-8H2,1-3H3. The maximum absolute atomic E-state index is 12.5. The molecule has 0 fully saturated rings. The van der Waals surface area contributed by atoms with Gasteiger partial charge in [-0.2, -0.15) is 0 Å². The van der Waals surface area contributed by atoms with Crippen LogP contribution in [0.1, 0.15) is 23.6 Å². The molecule has 0 saturated carbocycles. The lowest BCUT2D eigenvalue weighted by Crippen LogP contribution is -2.37. The summed E-state index contributed by atoms with van der Waals surface area (Å²) in [4.78, 5) is 0. The molecule has 0 radical (unpaired) electrons. The van der Waals surface area contributed by atoms with Crippen LogP contribution in [0.4, 0.5) is 5.69 Å². The molecule has 0 aliphatic carbocycles. The monoisotopic (exact) mass is 346 g/mol. The highest BCUT2D eigenvalue weighted by Gasteiger charge is 2.29. The normalized spacial score (nSPS) is 15.1. The maximum Gasteiger partial charge on any atom is 0.236 e. The van der Waals surface area contributed by atoms with E-state index >= 15 is 0 Å². The average Bonchev–Trinajstić information content (AvgIpc) is 2.82. The molecule has 0 spiro atoms. The number of hydrogen-bond donors (Lipinski definition) is 1. The first kappa shape index (κ1) is 17.2. The number of aryl methyl sites for hydroxylation is 2. The van der Waals surface area contributed by atoms with Crippen LogP contribution in [0.25, 0.3) is 0 Å². The van der Waals surface area contributed by atoms with Gasteiger partial charge in [-0.3, -0.25) is 4.31 Å². The maximum atomic E-state index is 12.5. The van der Waals surface area contributed by atoms with E-state index in [0.717, 1.165) is 22.4 Å². The minimum Gasteiger partial charge on any atom is -0.270 e. The molecule has 0 bridgehead atoms. The zero-order chi connectivity index (χ0) is 16.5. The van der Waals surface area contributed by atoms with Gasteiger partial charge in [0.1, 0.15) is 0 Å². The van der Waals surface area contributed by atoms with Crippen molar-refractivity contribution in [3.8, 4) is 0 Å². The van der Waals surface area contributed by atoms with Crippen molar-refractivity contribution in [2.24, 2.45) is 0 Å². The van der Waals surface area contributed by atoms with Crippen LogP contribution in [0, 0.1) is 13.8 Å². The first-order valence-electron chi connectivity index (χ1n) is 7.24. The molecular formula is C14H22N2O4S2. The highest BCUT2D eigenvalue weighted by molar-refractivity contribution is 7.93. The molecular weight excluding hydrogens is 324 g/mol. The molecule has 1 N–H and O–H groups in total. The third kappa shape index (κ3) is 3.61. The van der Waals surface area contributed by atoms with Crippen LogP contribution >= 0.6 is 0 Å². The van der Waals surface area contributed by atoms with Gasteiger partial charge in [0, 0.05) is 13.1 Å². The summed E-state index contributed by atoms with van der Waals surface area (Å²) < 4.78 is 51.3. The largest absolute Gasteiger partial charge is 0.270 e. The van der Waals surface area contributed by atoms with Crippen molar-refractivity contribution in [1.29, 1.82) is 0 Å². The van der Waals surface area contributed by atoms with E-state index in [1.165, 1.54) is 11.2 Å². The number of anilines is 1. The summed E-state index contributed by atoms with van der Waals surface area (Å²) in [6.45, 7) is 5.79. The highest BCUT2D eigenvalue weighted by Crippen LogP contribution is 2.32. The molecule has 1 aromatic carbocycles. The van der Waals surface area contributed by atoms with Crippen molar-refractivity contribution >= 4 is 25.7 Å². The second-order valence-electron chi connectivity index (χ2n) is 5.50. The van der Waals surface area contributed by atoms with Crippen LogP contribution < -0.4 is 9.03 Å². The lowest BCUT2D eigenvalue weighted by atomic mass is 10.0. The van der Waals surface area contributed by atoms with E-state index in [1.54, 1.807) is 0 Å². The molecule has 1 aromatic rings. The first-order valence-corrected chi connectivity index (χ1v) is 10.5. The molecule has 22 heavy (non-hydrogen) atoms. The quantitative estimate of drug-likeness (QED) is 0.831. The first-order chi connectivity index (χ1) is 10.2. The number of rotatable bonds is 6. The molecule has 8 heteroatoms. The van der Waals surface area contributed by atoms with Gasteiger partial charge in [0.05, 0.1) is 17.2 Å². The van der Waals surface area contributed by atoms with Crippen molar-refractivity contribution in [3.05, 3.63) is 28.8 Å². The smallest absolute Gasteiger partial charge is 0.236 e. The molecule has 0 unspecified atom stereocenters. The molecule has 2 rings (SSSR count). The molecule has 0 aromatic heterocycles. The number of nitrogens with zero attached hydrogens (tertiary/aromatic N) is 1. The number of hydrogen-bond acceptors (Lipinski definition) is 4. The van der Waals surface area contributed by atoms with Crippen molar-refractivity contribution < 1.29 is 16.8 Å². The Kier molecular flexibility index (Phi) is 4.84. The van der Waals surface area contributed by atoms with Gasteiger partial charge in [-0.15, -0.1) is 0 Å². The van der Waals surface area contributed by atoms with Crippen molar-refractivity contribution in [3.63, 3.8) is 0 Å². The highest BCUT2D eigenvalue weighted by atomic mass is 32.2. The van der Waals surface area contributed by atoms with Gasteiger partial charge in [-0.1, -0.05) is 6.07 Å². The lowest BCUT2D eigenvalue weighted by Gasteiger charge is -2.20. The number of benzene rings is 1. The summed E-state index contributed by atoms with van der Waals surface area (Å²) in [7, 11) is -6.90. The Balaban J connectivity index is 2.15.